The molecule has 1 amide bonds. The molecule has 0 unspecified atom stereocenters. The highest BCUT2D eigenvalue weighted by molar-refractivity contribution is 6.32. The molecule has 0 aliphatic heterocycles. The summed E-state index contributed by atoms with van der Waals surface area (Å²) in [6.45, 7) is 3.50. The SMILES string of the molecule is CC(C)(CCl)C(=O)Nc1nc2ccccc2nc1Cl. The Morgan fingerprint density at radius 3 is 2.42 bits per heavy atom. The number of carbonyl (C=O) groups is 1. The van der Waals surface area contributed by atoms with Crippen LogP contribution in [-0.2, 0) is 4.79 Å². The number of nitrogens with one attached hydrogen (secondary N) is 1. The molecule has 0 radical (unpaired) electrons. The lowest BCUT2D eigenvalue weighted by atomic mass is 9.95. The molecule has 6 heteroatoms. The minimum Gasteiger partial charge on any atom is -0.308 e. The summed E-state index contributed by atoms with van der Waals surface area (Å²) < 4.78 is 0. The number of carbonyl (C=O) groups excluding carboxylic acids is 1. The first-order valence-corrected chi connectivity index (χ1v) is 6.65. The van der Waals surface area contributed by atoms with Crippen LogP contribution in [0.25, 0.3) is 11.0 Å². The highest BCUT2D eigenvalue weighted by atomic mass is 35.5. The van der Waals surface area contributed by atoms with Crippen molar-refractivity contribution in [3.63, 3.8) is 0 Å². The second kappa shape index (κ2) is 5.31. The number of hydrogen-bond donors (Lipinski definition) is 1. The second-order valence-corrected chi connectivity index (χ2v) is 5.45. The van der Waals surface area contributed by atoms with Crippen molar-refractivity contribution in [2.45, 2.75) is 13.8 Å². The summed E-state index contributed by atoms with van der Waals surface area (Å²) in [5, 5.41) is 2.83. The van der Waals surface area contributed by atoms with Crippen molar-refractivity contribution in [3.05, 3.63) is 29.4 Å². The summed E-state index contributed by atoms with van der Waals surface area (Å²) in [4.78, 5) is 20.5. The summed E-state index contributed by atoms with van der Waals surface area (Å²) in [7, 11) is 0. The van der Waals surface area contributed by atoms with E-state index in [0.717, 1.165) is 0 Å². The van der Waals surface area contributed by atoms with E-state index < -0.39 is 5.41 Å². The molecule has 1 aromatic heterocycles. The van der Waals surface area contributed by atoms with Crippen LogP contribution in [0.5, 0.6) is 0 Å². The van der Waals surface area contributed by atoms with Crippen molar-refractivity contribution in [3.8, 4) is 0 Å². The monoisotopic (exact) mass is 297 g/mol. The normalized spacial score (nSPS) is 11.6. The topological polar surface area (TPSA) is 54.9 Å². The van der Waals surface area contributed by atoms with E-state index in [0.29, 0.717) is 11.0 Å². The standard InChI is InChI=1S/C13H13Cl2N3O/c1-13(2,7-14)12(19)18-11-10(15)16-8-5-3-4-6-9(8)17-11/h3-6H,7H2,1-2H3,(H,17,18,19). The van der Waals surface area contributed by atoms with E-state index in [1.54, 1.807) is 19.9 Å². The van der Waals surface area contributed by atoms with Gasteiger partial charge in [-0.05, 0) is 26.0 Å². The fraction of sp³-hybridized carbons (Fsp3) is 0.308. The molecule has 0 aliphatic carbocycles. The average molecular weight is 298 g/mol. The molecule has 19 heavy (non-hydrogen) atoms. The third-order valence-corrected chi connectivity index (χ3v) is 3.64. The molecule has 0 saturated heterocycles. The van der Waals surface area contributed by atoms with Crippen LogP contribution in [0.4, 0.5) is 5.82 Å². The van der Waals surface area contributed by atoms with Gasteiger partial charge in [-0.1, -0.05) is 23.7 Å². The minimum atomic E-state index is -0.696. The number of fused-ring (bicyclic) bond motifs is 1. The number of amides is 1. The zero-order valence-corrected chi connectivity index (χ0v) is 12.1. The maximum absolute atomic E-state index is 12.0. The molecule has 0 atom stereocenters. The Labute approximate surface area is 121 Å². The largest absolute Gasteiger partial charge is 0.308 e. The lowest BCUT2D eigenvalue weighted by Crippen LogP contribution is -2.32. The highest BCUT2D eigenvalue weighted by Gasteiger charge is 2.27. The van der Waals surface area contributed by atoms with E-state index in [9.17, 15) is 4.79 Å². The Kier molecular flexibility index (Phi) is 3.92. The van der Waals surface area contributed by atoms with E-state index >= 15 is 0 Å². The molecule has 0 spiro atoms. The van der Waals surface area contributed by atoms with Crippen molar-refractivity contribution in [1.29, 1.82) is 0 Å². The first kappa shape index (κ1) is 14.0. The van der Waals surface area contributed by atoms with Gasteiger partial charge in [0.1, 0.15) is 0 Å². The fourth-order valence-corrected chi connectivity index (χ4v) is 1.70. The quantitative estimate of drug-likeness (QED) is 0.883. The minimum absolute atomic E-state index is 0.164. The molecule has 0 aliphatic rings. The number of hydrogen-bond acceptors (Lipinski definition) is 3. The third kappa shape index (κ3) is 2.96. The predicted molar refractivity (Wildman–Crippen MR) is 77.7 cm³/mol. The highest BCUT2D eigenvalue weighted by Crippen LogP contribution is 2.24. The number of nitrogens with zero attached hydrogens (tertiary/aromatic N) is 2. The average Bonchev–Trinajstić information content (AvgIpc) is 2.39. The smallest absolute Gasteiger partial charge is 0.232 e. The van der Waals surface area contributed by atoms with Gasteiger partial charge in [-0.2, -0.15) is 0 Å². The molecular weight excluding hydrogens is 285 g/mol. The molecule has 100 valence electrons. The van der Waals surface area contributed by atoms with Crippen LogP contribution in [0.2, 0.25) is 5.15 Å². The maximum Gasteiger partial charge on any atom is 0.232 e. The Hall–Kier alpha value is -1.39. The van der Waals surface area contributed by atoms with E-state index in [2.05, 4.69) is 15.3 Å². The molecule has 0 saturated carbocycles. The summed E-state index contributed by atoms with van der Waals surface area (Å²) in [5.41, 5.74) is 0.658. The predicted octanol–water partition coefficient (Wildman–Crippen LogP) is 3.49. The van der Waals surface area contributed by atoms with Gasteiger partial charge in [0.15, 0.2) is 11.0 Å². The van der Waals surface area contributed by atoms with Gasteiger partial charge in [0.2, 0.25) is 5.91 Å². The molecule has 2 rings (SSSR count). The first-order valence-electron chi connectivity index (χ1n) is 5.74. The van der Waals surface area contributed by atoms with E-state index in [1.807, 2.05) is 18.2 Å². The van der Waals surface area contributed by atoms with Gasteiger partial charge in [0.25, 0.3) is 0 Å². The van der Waals surface area contributed by atoms with Crippen molar-refractivity contribution in [2.24, 2.45) is 5.41 Å². The lowest BCUT2D eigenvalue weighted by molar-refractivity contribution is -0.123. The van der Waals surface area contributed by atoms with Crippen LogP contribution in [-0.4, -0.2) is 21.8 Å². The number of benzene rings is 1. The van der Waals surface area contributed by atoms with Crippen molar-refractivity contribution in [1.82, 2.24) is 9.97 Å². The Morgan fingerprint density at radius 2 is 1.84 bits per heavy atom. The summed E-state index contributed by atoms with van der Waals surface area (Å²) in [6, 6.07) is 7.31. The summed E-state index contributed by atoms with van der Waals surface area (Å²) in [6.07, 6.45) is 0. The van der Waals surface area contributed by atoms with E-state index in [1.165, 1.54) is 0 Å². The Balaban J connectivity index is 2.35. The molecule has 1 N–H and O–H groups in total. The van der Waals surface area contributed by atoms with Crippen molar-refractivity contribution in [2.75, 3.05) is 11.2 Å². The third-order valence-electron chi connectivity index (χ3n) is 2.71. The number of halogens is 2. The number of anilines is 1. The van der Waals surface area contributed by atoms with Crippen LogP contribution >= 0.6 is 23.2 Å². The van der Waals surface area contributed by atoms with Crippen LogP contribution in [0.1, 0.15) is 13.8 Å². The van der Waals surface area contributed by atoms with Gasteiger partial charge in [-0.25, -0.2) is 9.97 Å². The first-order chi connectivity index (χ1) is 8.94. The van der Waals surface area contributed by atoms with Gasteiger partial charge >= 0.3 is 0 Å². The molecule has 0 bridgehead atoms. The maximum atomic E-state index is 12.0. The van der Waals surface area contributed by atoms with Crippen LogP contribution in [0.3, 0.4) is 0 Å². The molecule has 1 heterocycles. The summed E-state index contributed by atoms with van der Waals surface area (Å²) >= 11 is 11.8. The van der Waals surface area contributed by atoms with Gasteiger partial charge in [0, 0.05) is 5.88 Å². The molecule has 4 nitrogen and oxygen atoms in total. The second-order valence-electron chi connectivity index (χ2n) is 4.82. The Bertz CT molecular complexity index is 628. The zero-order valence-electron chi connectivity index (χ0n) is 10.6. The van der Waals surface area contributed by atoms with Crippen molar-refractivity contribution < 1.29 is 4.79 Å². The summed E-state index contributed by atoms with van der Waals surface area (Å²) in [5.74, 6) is 0.217. The van der Waals surface area contributed by atoms with Crippen molar-refractivity contribution >= 4 is 46.0 Å². The molecule has 1 aromatic carbocycles. The van der Waals surface area contributed by atoms with Crippen LogP contribution < -0.4 is 5.32 Å². The Morgan fingerprint density at radius 1 is 1.26 bits per heavy atom. The van der Waals surface area contributed by atoms with E-state index in [4.69, 9.17) is 23.2 Å². The van der Waals surface area contributed by atoms with Gasteiger partial charge in [0.05, 0.1) is 16.4 Å². The number of rotatable bonds is 3. The van der Waals surface area contributed by atoms with Crippen LogP contribution in [0, 0.1) is 5.41 Å². The number of aromatic nitrogens is 2. The molecule has 2 aromatic rings. The number of para-hydroxylation sites is 2. The van der Waals surface area contributed by atoms with E-state index in [-0.39, 0.29) is 22.8 Å². The van der Waals surface area contributed by atoms with Crippen LogP contribution in [0.15, 0.2) is 24.3 Å². The fourth-order valence-electron chi connectivity index (χ4n) is 1.40. The zero-order chi connectivity index (χ0) is 14.0. The van der Waals surface area contributed by atoms with Gasteiger partial charge in [-0.3, -0.25) is 4.79 Å². The van der Waals surface area contributed by atoms with Gasteiger partial charge in [-0.15, -0.1) is 11.6 Å². The molecule has 0 fully saturated rings. The molecular formula is C13H13Cl2N3O. The number of alkyl halides is 1. The lowest BCUT2D eigenvalue weighted by Gasteiger charge is -2.20. The van der Waals surface area contributed by atoms with Gasteiger partial charge < -0.3 is 5.32 Å².